The van der Waals surface area contributed by atoms with Crippen LogP contribution in [-0.4, -0.2) is 53.1 Å². The van der Waals surface area contributed by atoms with Crippen LogP contribution >= 0.6 is 0 Å². The molecule has 0 bridgehead atoms. The summed E-state index contributed by atoms with van der Waals surface area (Å²) in [6.07, 6.45) is 7.45. The molecule has 7 nitrogen and oxygen atoms in total. The van der Waals surface area contributed by atoms with Crippen molar-refractivity contribution >= 4 is 12.0 Å². The van der Waals surface area contributed by atoms with Crippen LogP contribution in [0.4, 0.5) is 4.79 Å². The van der Waals surface area contributed by atoms with Gasteiger partial charge in [0.1, 0.15) is 5.82 Å². The summed E-state index contributed by atoms with van der Waals surface area (Å²) in [4.78, 5) is 35.4. The predicted molar refractivity (Wildman–Crippen MR) is 113 cm³/mol. The number of hydrogen-bond acceptors (Lipinski definition) is 5. The fourth-order valence-electron chi connectivity index (χ4n) is 5.19. The van der Waals surface area contributed by atoms with Gasteiger partial charge in [0.25, 0.3) is 0 Å². The summed E-state index contributed by atoms with van der Waals surface area (Å²) in [6.45, 7) is 8.16. The lowest BCUT2D eigenvalue weighted by molar-refractivity contribution is -0.142. The highest BCUT2D eigenvalue weighted by molar-refractivity contribution is 5.80. The molecule has 7 heteroatoms. The number of nitrogens with zero attached hydrogens (tertiary/aromatic N) is 3. The normalized spacial score (nSPS) is 25.9. The number of hydrogen-bond donors (Lipinski definition) is 1. The van der Waals surface area contributed by atoms with E-state index in [4.69, 9.17) is 4.98 Å². The van der Waals surface area contributed by atoms with Gasteiger partial charge in [-0.1, -0.05) is 20.8 Å². The first-order valence-corrected chi connectivity index (χ1v) is 11.2. The van der Waals surface area contributed by atoms with Gasteiger partial charge >= 0.3 is 6.09 Å². The van der Waals surface area contributed by atoms with Crippen molar-refractivity contribution < 1.29 is 14.3 Å². The third-order valence-corrected chi connectivity index (χ3v) is 7.26. The van der Waals surface area contributed by atoms with E-state index in [1.807, 2.05) is 11.1 Å². The molecule has 2 saturated carbocycles. The first-order chi connectivity index (χ1) is 14.2. The molecular weight excluding hydrogens is 380 g/mol. The SMILES string of the molecule is COC(=O)NC1CC(C(=O)N2CCC3(CC2)CC(c2ccnc(C(C)(C)C)n2)C3)C1. The maximum atomic E-state index is 12.8. The Labute approximate surface area is 179 Å². The Morgan fingerprint density at radius 1 is 1.20 bits per heavy atom. The topological polar surface area (TPSA) is 84.4 Å². The molecule has 3 aliphatic rings. The minimum absolute atomic E-state index is 0.0317. The van der Waals surface area contributed by atoms with Crippen LogP contribution < -0.4 is 5.32 Å². The van der Waals surface area contributed by atoms with E-state index >= 15 is 0 Å². The van der Waals surface area contributed by atoms with Crippen LogP contribution in [0.3, 0.4) is 0 Å². The number of rotatable bonds is 3. The summed E-state index contributed by atoms with van der Waals surface area (Å²) in [6, 6.07) is 2.14. The van der Waals surface area contributed by atoms with E-state index in [1.165, 1.54) is 25.6 Å². The number of piperidine rings is 1. The van der Waals surface area contributed by atoms with Gasteiger partial charge in [-0.3, -0.25) is 4.79 Å². The number of ether oxygens (including phenoxy) is 1. The molecule has 2 amide bonds. The second-order valence-corrected chi connectivity index (χ2v) is 10.5. The van der Waals surface area contributed by atoms with Gasteiger partial charge in [0.2, 0.25) is 5.91 Å². The lowest BCUT2D eigenvalue weighted by atomic mass is 9.56. The van der Waals surface area contributed by atoms with E-state index in [1.54, 1.807) is 0 Å². The number of methoxy groups -OCH3 is 1. The summed E-state index contributed by atoms with van der Waals surface area (Å²) in [5.41, 5.74) is 1.52. The monoisotopic (exact) mass is 414 g/mol. The molecule has 30 heavy (non-hydrogen) atoms. The minimum Gasteiger partial charge on any atom is -0.453 e. The zero-order valence-corrected chi connectivity index (χ0v) is 18.6. The molecular formula is C23H34N4O3. The number of alkyl carbamates (subject to hydrolysis) is 1. The highest BCUT2D eigenvalue weighted by Gasteiger charge is 2.48. The zero-order chi connectivity index (χ0) is 21.5. The van der Waals surface area contributed by atoms with Crippen molar-refractivity contribution in [3.05, 3.63) is 23.8 Å². The van der Waals surface area contributed by atoms with Crippen molar-refractivity contribution in [2.45, 2.75) is 76.7 Å². The Kier molecular flexibility index (Phi) is 5.49. The first kappa shape index (κ1) is 21.1. The number of likely N-dealkylation sites (tertiary alicyclic amines) is 1. The fraction of sp³-hybridized carbons (Fsp3) is 0.739. The van der Waals surface area contributed by atoms with Crippen LogP contribution in [0, 0.1) is 11.3 Å². The Balaban J connectivity index is 1.24. The molecule has 3 fully saturated rings. The Bertz CT molecular complexity index is 797. The lowest BCUT2D eigenvalue weighted by Gasteiger charge is -2.53. The standard InChI is InChI=1S/C23H34N4O3/c1-22(2,3)20-24-8-5-18(26-20)16-13-23(14-16)6-9-27(10-7-23)19(28)15-11-17(12-15)25-21(29)30-4/h5,8,15-17H,6-7,9-14H2,1-4H3,(H,25,29). The van der Waals surface area contributed by atoms with Crippen molar-refractivity contribution in [1.82, 2.24) is 20.2 Å². The largest absolute Gasteiger partial charge is 0.453 e. The molecule has 2 heterocycles. The highest BCUT2D eigenvalue weighted by Crippen LogP contribution is 2.56. The van der Waals surface area contributed by atoms with Gasteiger partial charge in [0.15, 0.2) is 0 Å². The number of carbonyl (C=O) groups excluding carboxylic acids is 2. The Morgan fingerprint density at radius 2 is 1.87 bits per heavy atom. The number of carbonyl (C=O) groups is 2. The van der Waals surface area contributed by atoms with E-state index in [-0.39, 0.29) is 23.3 Å². The van der Waals surface area contributed by atoms with Gasteiger partial charge in [-0.25, -0.2) is 14.8 Å². The predicted octanol–water partition coefficient (Wildman–Crippen LogP) is 3.39. The summed E-state index contributed by atoms with van der Waals surface area (Å²) < 4.78 is 4.62. The molecule has 4 rings (SSSR count). The molecule has 1 aromatic rings. The molecule has 1 aromatic heterocycles. The molecule has 164 valence electrons. The third-order valence-electron chi connectivity index (χ3n) is 7.26. The van der Waals surface area contributed by atoms with Crippen LogP contribution in [0.25, 0.3) is 0 Å². The van der Waals surface area contributed by atoms with Crippen molar-refractivity contribution in [1.29, 1.82) is 0 Å². The molecule has 0 atom stereocenters. The molecule has 0 aromatic carbocycles. The summed E-state index contributed by atoms with van der Waals surface area (Å²) >= 11 is 0. The highest BCUT2D eigenvalue weighted by atomic mass is 16.5. The van der Waals surface area contributed by atoms with Gasteiger partial charge in [0.05, 0.1) is 7.11 Å². The molecule has 1 saturated heterocycles. The summed E-state index contributed by atoms with van der Waals surface area (Å²) in [5.74, 6) is 1.75. The number of nitrogens with one attached hydrogen (secondary N) is 1. The molecule has 1 spiro atoms. The van der Waals surface area contributed by atoms with Crippen LogP contribution in [0.5, 0.6) is 0 Å². The summed E-state index contributed by atoms with van der Waals surface area (Å²) in [7, 11) is 1.36. The smallest absolute Gasteiger partial charge is 0.407 e. The first-order valence-electron chi connectivity index (χ1n) is 11.2. The molecule has 1 aliphatic heterocycles. The quantitative estimate of drug-likeness (QED) is 0.819. The average Bonchev–Trinajstić information content (AvgIpc) is 2.67. The van der Waals surface area contributed by atoms with Crippen molar-refractivity contribution in [3.63, 3.8) is 0 Å². The number of amides is 2. The van der Waals surface area contributed by atoms with Crippen LogP contribution in [0.2, 0.25) is 0 Å². The molecule has 0 radical (unpaired) electrons. The maximum Gasteiger partial charge on any atom is 0.407 e. The maximum absolute atomic E-state index is 12.8. The van der Waals surface area contributed by atoms with Gasteiger partial charge in [-0.2, -0.15) is 0 Å². The minimum atomic E-state index is -0.413. The summed E-state index contributed by atoms with van der Waals surface area (Å²) in [5, 5.41) is 2.78. The van der Waals surface area contributed by atoms with E-state index in [0.29, 0.717) is 11.3 Å². The Hall–Kier alpha value is -2.18. The van der Waals surface area contributed by atoms with Gasteiger partial charge < -0.3 is 15.0 Å². The second-order valence-electron chi connectivity index (χ2n) is 10.5. The average molecular weight is 415 g/mol. The van der Waals surface area contributed by atoms with E-state index in [2.05, 4.69) is 41.9 Å². The molecule has 2 aliphatic carbocycles. The fourth-order valence-corrected chi connectivity index (χ4v) is 5.19. The zero-order valence-electron chi connectivity index (χ0n) is 18.6. The van der Waals surface area contributed by atoms with Crippen LogP contribution in [0.1, 0.15) is 76.7 Å². The van der Waals surface area contributed by atoms with Crippen molar-refractivity contribution in [2.75, 3.05) is 20.2 Å². The number of aromatic nitrogens is 2. The van der Waals surface area contributed by atoms with E-state index in [9.17, 15) is 9.59 Å². The van der Waals surface area contributed by atoms with Gasteiger partial charge in [-0.05, 0) is 50.0 Å². The van der Waals surface area contributed by atoms with E-state index < -0.39 is 6.09 Å². The van der Waals surface area contributed by atoms with Crippen molar-refractivity contribution in [2.24, 2.45) is 11.3 Å². The Morgan fingerprint density at radius 3 is 2.47 bits per heavy atom. The van der Waals surface area contributed by atoms with Crippen molar-refractivity contribution in [3.8, 4) is 0 Å². The molecule has 0 unspecified atom stereocenters. The second kappa shape index (κ2) is 7.82. The van der Waals surface area contributed by atoms with Crippen LogP contribution in [0.15, 0.2) is 12.3 Å². The third kappa shape index (κ3) is 4.16. The lowest BCUT2D eigenvalue weighted by Crippen LogP contribution is -2.53. The van der Waals surface area contributed by atoms with Gasteiger partial charge in [0, 0.05) is 48.3 Å². The van der Waals surface area contributed by atoms with Gasteiger partial charge in [-0.15, -0.1) is 0 Å². The van der Waals surface area contributed by atoms with E-state index in [0.717, 1.165) is 44.6 Å². The molecule has 1 N–H and O–H groups in total. The van der Waals surface area contributed by atoms with Crippen LogP contribution in [-0.2, 0) is 14.9 Å².